The van der Waals surface area contributed by atoms with E-state index in [1.54, 1.807) is 10.3 Å². The van der Waals surface area contributed by atoms with Gasteiger partial charge in [-0.15, -0.1) is 0 Å². The molecule has 1 fully saturated rings. The molecule has 0 saturated carbocycles. The van der Waals surface area contributed by atoms with Gasteiger partial charge in [-0.2, -0.15) is 23.7 Å². The second kappa shape index (κ2) is 5.74. The highest BCUT2D eigenvalue weighted by atomic mass is 32.2. The van der Waals surface area contributed by atoms with Crippen molar-refractivity contribution in [2.75, 3.05) is 13.1 Å². The van der Waals surface area contributed by atoms with E-state index >= 15 is 0 Å². The van der Waals surface area contributed by atoms with Crippen LogP contribution < -0.4 is 0 Å². The first-order valence-electron chi connectivity index (χ1n) is 5.82. The molecule has 1 saturated heterocycles. The summed E-state index contributed by atoms with van der Waals surface area (Å²) in [4.78, 5) is 2.08. The van der Waals surface area contributed by atoms with Crippen molar-refractivity contribution in [3.05, 3.63) is 29.3 Å². The van der Waals surface area contributed by atoms with Crippen LogP contribution in [0.1, 0.15) is 11.1 Å². The number of benzene rings is 1. The van der Waals surface area contributed by atoms with E-state index in [0.717, 1.165) is 6.07 Å². The number of likely N-dealkylation sites (tertiary alicyclic amines) is 1. The van der Waals surface area contributed by atoms with Crippen LogP contribution in [-0.4, -0.2) is 18.0 Å². The van der Waals surface area contributed by atoms with Gasteiger partial charge in [-0.3, -0.25) is 4.90 Å². The zero-order valence-electron chi connectivity index (χ0n) is 10.3. The Kier molecular flexibility index (Phi) is 4.22. The molecule has 3 nitrogen and oxygen atoms in total. The fraction of sp³-hybridized carbons (Fsp3) is 0.385. The third-order valence-electron chi connectivity index (χ3n) is 3.08. The average Bonchev–Trinajstić information content (AvgIpc) is 2.33. The fourth-order valence-electron chi connectivity index (χ4n) is 2.10. The Morgan fingerprint density at radius 3 is 2.55 bits per heavy atom. The number of halogens is 3. The summed E-state index contributed by atoms with van der Waals surface area (Å²) >= 11 is 0.706. The average molecular weight is 297 g/mol. The number of nitrogens with zero attached hydrogens (tertiary/aromatic N) is 3. The van der Waals surface area contributed by atoms with Gasteiger partial charge in [0.05, 0.1) is 17.6 Å². The molecule has 1 aromatic carbocycles. The second-order valence-corrected chi connectivity index (χ2v) is 5.39. The molecule has 1 aliphatic rings. The minimum Gasteiger partial charge on any atom is -0.296 e. The van der Waals surface area contributed by atoms with E-state index in [9.17, 15) is 13.2 Å². The fourth-order valence-corrected chi connectivity index (χ4v) is 2.51. The van der Waals surface area contributed by atoms with E-state index in [0.29, 0.717) is 24.9 Å². The van der Waals surface area contributed by atoms with Gasteiger partial charge in [0.1, 0.15) is 5.40 Å². The van der Waals surface area contributed by atoms with Gasteiger partial charge >= 0.3 is 6.18 Å². The standard InChI is InChI=1S/C13H10F3N3S/c14-13(15,16)12-3-11(20-8-18)2-1-10(12)7-19-5-9(4-17)6-19/h1-3,9H,5-7H2. The van der Waals surface area contributed by atoms with E-state index in [4.69, 9.17) is 10.5 Å². The molecule has 0 atom stereocenters. The molecule has 1 aliphatic heterocycles. The molecule has 0 unspecified atom stereocenters. The Hall–Kier alpha value is -1.70. The van der Waals surface area contributed by atoms with Gasteiger partial charge < -0.3 is 0 Å². The maximum atomic E-state index is 13.0. The zero-order valence-corrected chi connectivity index (χ0v) is 11.1. The summed E-state index contributed by atoms with van der Waals surface area (Å²) < 4.78 is 39.1. The highest BCUT2D eigenvalue weighted by Crippen LogP contribution is 2.35. The zero-order chi connectivity index (χ0) is 14.8. The number of rotatable bonds is 3. The lowest BCUT2D eigenvalue weighted by Crippen LogP contribution is -2.45. The Labute approximate surface area is 118 Å². The lowest BCUT2D eigenvalue weighted by Gasteiger charge is -2.35. The van der Waals surface area contributed by atoms with Gasteiger partial charge in [0, 0.05) is 24.5 Å². The van der Waals surface area contributed by atoms with Crippen LogP contribution in [0.5, 0.6) is 0 Å². The number of hydrogen-bond acceptors (Lipinski definition) is 4. The number of alkyl halides is 3. The minimum atomic E-state index is -4.44. The van der Waals surface area contributed by atoms with Crippen LogP contribution in [0, 0.1) is 27.9 Å². The van der Waals surface area contributed by atoms with Crippen molar-refractivity contribution < 1.29 is 13.2 Å². The first kappa shape index (κ1) is 14.7. The van der Waals surface area contributed by atoms with Crippen molar-refractivity contribution in [2.24, 2.45) is 5.92 Å². The van der Waals surface area contributed by atoms with E-state index in [1.165, 1.54) is 12.1 Å². The first-order valence-corrected chi connectivity index (χ1v) is 6.63. The summed E-state index contributed by atoms with van der Waals surface area (Å²) in [5, 5.41) is 18.9. The SMILES string of the molecule is N#CSc1ccc(CN2CC(C#N)C2)c(C(F)(F)F)c1. The van der Waals surface area contributed by atoms with Crippen LogP contribution in [0.25, 0.3) is 0 Å². The first-order chi connectivity index (χ1) is 9.44. The van der Waals surface area contributed by atoms with Crippen molar-refractivity contribution >= 4 is 11.8 Å². The molecule has 0 N–H and O–H groups in total. The Morgan fingerprint density at radius 1 is 1.30 bits per heavy atom. The van der Waals surface area contributed by atoms with E-state index < -0.39 is 11.7 Å². The third kappa shape index (κ3) is 3.24. The number of hydrogen-bond donors (Lipinski definition) is 0. The number of thiocyanates is 1. The molecule has 2 rings (SSSR count). The van der Waals surface area contributed by atoms with E-state index in [-0.39, 0.29) is 22.9 Å². The number of nitriles is 2. The summed E-state index contributed by atoms with van der Waals surface area (Å²) in [5.41, 5.74) is -0.533. The largest absolute Gasteiger partial charge is 0.416 e. The normalized spacial score (nSPS) is 16.2. The van der Waals surface area contributed by atoms with Crippen LogP contribution in [0.3, 0.4) is 0 Å². The van der Waals surface area contributed by atoms with Gasteiger partial charge in [-0.1, -0.05) is 6.07 Å². The monoisotopic (exact) mass is 297 g/mol. The van der Waals surface area contributed by atoms with Crippen molar-refractivity contribution in [1.82, 2.24) is 4.90 Å². The van der Waals surface area contributed by atoms with Crippen LogP contribution in [-0.2, 0) is 12.7 Å². The Morgan fingerprint density at radius 2 is 2.00 bits per heavy atom. The van der Waals surface area contributed by atoms with Gasteiger partial charge in [0.15, 0.2) is 0 Å². The van der Waals surface area contributed by atoms with Crippen LogP contribution in [0.2, 0.25) is 0 Å². The summed E-state index contributed by atoms with van der Waals surface area (Å²) in [6.45, 7) is 1.18. The molecule has 0 spiro atoms. The lowest BCUT2D eigenvalue weighted by atomic mass is 9.99. The van der Waals surface area contributed by atoms with Crippen molar-refractivity contribution in [2.45, 2.75) is 17.6 Å². The summed E-state index contributed by atoms with van der Waals surface area (Å²) in [6, 6.07) is 6.01. The smallest absolute Gasteiger partial charge is 0.296 e. The highest BCUT2D eigenvalue weighted by Gasteiger charge is 2.35. The lowest BCUT2D eigenvalue weighted by molar-refractivity contribution is -0.138. The molecule has 0 aromatic heterocycles. The van der Waals surface area contributed by atoms with Crippen LogP contribution in [0.15, 0.2) is 23.1 Å². The van der Waals surface area contributed by atoms with E-state index in [1.807, 2.05) is 0 Å². The molecule has 7 heteroatoms. The molecule has 104 valence electrons. The van der Waals surface area contributed by atoms with Gasteiger partial charge in [0.25, 0.3) is 0 Å². The summed E-state index contributed by atoms with van der Waals surface area (Å²) in [5.74, 6) is -0.0854. The highest BCUT2D eigenvalue weighted by molar-refractivity contribution is 8.03. The molecule has 1 heterocycles. The molecular weight excluding hydrogens is 287 g/mol. The van der Waals surface area contributed by atoms with Gasteiger partial charge in [-0.25, -0.2) is 0 Å². The van der Waals surface area contributed by atoms with Crippen molar-refractivity contribution in [1.29, 1.82) is 10.5 Å². The predicted octanol–water partition coefficient (Wildman–Crippen LogP) is 3.23. The van der Waals surface area contributed by atoms with Crippen LogP contribution >= 0.6 is 11.8 Å². The molecule has 20 heavy (non-hydrogen) atoms. The summed E-state index contributed by atoms with van der Waals surface area (Å²) in [7, 11) is 0. The molecule has 1 aromatic rings. The number of thioether (sulfide) groups is 1. The molecule has 0 radical (unpaired) electrons. The molecule has 0 aliphatic carbocycles. The molecular formula is C13H10F3N3S. The molecule has 0 bridgehead atoms. The quantitative estimate of drug-likeness (QED) is 0.635. The summed E-state index contributed by atoms with van der Waals surface area (Å²) in [6.07, 6.45) is -4.44. The third-order valence-corrected chi connectivity index (χ3v) is 3.66. The topological polar surface area (TPSA) is 50.8 Å². The maximum absolute atomic E-state index is 13.0. The van der Waals surface area contributed by atoms with Crippen molar-refractivity contribution in [3.8, 4) is 11.5 Å². The Bertz CT molecular complexity index is 580. The van der Waals surface area contributed by atoms with E-state index in [2.05, 4.69) is 6.07 Å². The van der Waals surface area contributed by atoms with Crippen LogP contribution in [0.4, 0.5) is 13.2 Å². The minimum absolute atomic E-state index is 0.0854. The maximum Gasteiger partial charge on any atom is 0.416 e. The van der Waals surface area contributed by atoms with Gasteiger partial charge in [0.2, 0.25) is 0 Å². The van der Waals surface area contributed by atoms with Crippen molar-refractivity contribution in [3.63, 3.8) is 0 Å². The predicted molar refractivity (Wildman–Crippen MR) is 67.3 cm³/mol. The van der Waals surface area contributed by atoms with Gasteiger partial charge in [-0.05, 0) is 29.5 Å². The Balaban J connectivity index is 2.20. The second-order valence-electron chi connectivity index (χ2n) is 4.53. The molecule has 0 amide bonds.